The van der Waals surface area contributed by atoms with Gasteiger partial charge in [-0.2, -0.15) is 0 Å². The van der Waals surface area contributed by atoms with E-state index in [1.165, 1.54) is 0 Å². The molecule has 3 aliphatic heterocycles. The van der Waals surface area contributed by atoms with Crippen molar-refractivity contribution in [3.05, 3.63) is 86.7 Å². The highest BCUT2D eigenvalue weighted by Crippen LogP contribution is 2.39. The molecule has 9 heteroatoms. The van der Waals surface area contributed by atoms with Crippen molar-refractivity contribution >= 4 is 29.5 Å². The quantitative estimate of drug-likeness (QED) is 0.214. The number of rotatable bonds is 5. The first-order valence-electron chi connectivity index (χ1n) is 14.9. The van der Waals surface area contributed by atoms with Crippen LogP contribution < -0.4 is 15.8 Å². The minimum absolute atomic E-state index is 0.0198. The molecule has 1 saturated heterocycles. The van der Waals surface area contributed by atoms with E-state index in [0.29, 0.717) is 18.7 Å². The van der Waals surface area contributed by atoms with Gasteiger partial charge < -0.3 is 23.3 Å². The molecule has 1 fully saturated rings. The summed E-state index contributed by atoms with van der Waals surface area (Å²) in [5.74, 6) is -0.0205. The third kappa shape index (κ3) is 4.40. The van der Waals surface area contributed by atoms with E-state index in [9.17, 15) is 9.59 Å². The predicted molar refractivity (Wildman–Crippen MR) is 165 cm³/mol. The zero-order valence-electron chi connectivity index (χ0n) is 25.4. The minimum atomic E-state index is -0.475. The summed E-state index contributed by atoms with van der Waals surface area (Å²) >= 11 is 0. The fraction of sp³-hybridized carbons (Fsp3) is 0.382. The van der Waals surface area contributed by atoms with Crippen LogP contribution in [-0.4, -0.2) is 33.8 Å². The van der Waals surface area contributed by atoms with E-state index in [1.54, 1.807) is 11.5 Å². The molecule has 0 saturated carbocycles. The highest BCUT2D eigenvalue weighted by molar-refractivity contribution is 6.62. The van der Waals surface area contributed by atoms with Gasteiger partial charge in [0.15, 0.2) is 0 Å². The van der Waals surface area contributed by atoms with E-state index in [1.807, 2.05) is 48.5 Å². The molecule has 3 aliphatic rings. The number of hydrogen-bond donors (Lipinski definition) is 0. The zero-order chi connectivity index (χ0) is 30.3. The predicted octanol–water partition coefficient (Wildman–Crippen LogP) is 5.03. The molecule has 0 amide bonds. The maximum atomic E-state index is 13.5. The summed E-state index contributed by atoms with van der Waals surface area (Å²) in [6, 6.07) is 16.1. The van der Waals surface area contributed by atoms with Crippen molar-refractivity contribution in [2.45, 2.75) is 84.8 Å². The van der Waals surface area contributed by atoms with Crippen LogP contribution in [0.5, 0.6) is 5.75 Å². The molecule has 0 N–H and O–H groups in total. The van der Waals surface area contributed by atoms with E-state index in [2.05, 4.69) is 34.6 Å². The van der Waals surface area contributed by atoms with Gasteiger partial charge in [0.05, 0.1) is 46.1 Å². The molecule has 0 radical (unpaired) electrons. The van der Waals surface area contributed by atoms with Crippen LogP contribution in [0.3, 0.4) is 0 Å². The number of benzene rings is 2. The molecule has 220 valence electrons. The number of carbonyl (C=O) groups excluding carboxylic acids is 1. The van der Waals surface area contributed by atoms with E-state index in [-0.39, 0.29) is 29.3 Å². The van der Waals surface area contributed by atoms with E-state index in [0.717, 1.165) is 62.2 Å². The second kappa shape index (κ2) is 9.79. The van der Waals surface area contributed by atoms with Crippen LogP contribution in [0, 0.1) is 0 Å². The monoisotopic (exact) mass is 578 g/mol. The number of cyclic esters (lactones) is 1. The molecular weight excluding hydrogens is 543 g/mol. The molecule has 2 aromatic heterocycles. The number of nitrogens with zero attached hydrogens (tertiary/aromatic N) is 2. The van der Waals surface area contributed by atoms with Gasteiger partial charge in [-0.05, 0) is 87.5 Å². The summed E-state index contributed by atoms with van der Waals surface area (Å²) in [4.78, 5) is 30.7. The van der Waals surface area contributed by atoms with Gasteiger partial charge in [-0.1, -0.05) is 31.2 Å². The molecule has 4 aromatic rings. The second-order valence-electron chi connectivity index (χ2n) is 12.8. The van der Waals surface area contributed by atoms with Crippen molar-refractivity contribution in [2.24, 2.45) is 0 Å². The largest absolute Gasteiger partial charge is 0.494 e. The maximum Gasteiger partial charge on any atom is 0.494 e. The van der Waals surface area contributed by atoms with Crippen LogP contribution in [0.1, 0.15) is 75.3 Å². The Labute approximate surface area is 251 Å². The van der Waals surface area contributed by atoms with Gasteiger partial charge in [0.25, 0.3) is 5.56 Å². The third-order valence-corrected chi connectivity index (χ3v) is 9.61. The number of aryl methyl sites for hydroxylation is 1. The summed E-state index contributed by atoms with van der Waals surface area (Å²) < 4.78 is 25.6. The van der Waals surface area contributed by atoms with Crippen molar-refractivity contribution < 1.29 is 23.6 Å². The molecule has 43 heavy (non-hydrogen) atoms. The fourth-order valence-corrected chi connectivity index (χ4v) is 6.29. The Hall–Kier alpha value is -3.95. The topological polar surface area (TPSA) is 88.9 Å². The fourth-order valence-electron chi connectivity index (χ4n) is 6.29. The Bertz CT molecular complexity index is 1840. The lowest BCUT2D eigenvalue weighted by atomic mass is 9.79. The first kappa shape index (κ1) is 27.9. The van der Waals surface area contributed by atoms with Crippen LogP contribution >= 0.6 is 0 Å². The smallest absolute Gasteiger partial charge is 0.489 e. The van der Waals surface area contributed by atoms with Gasteiger partial charge in [-0.25, -0.2) is 4.98 Å². The lowest BCUT2D eigenvalue weighted by Gasteiger charge is -2.32. The standard InChI is InChI=1S/C34H35BN2O6/c1-7-23-25-14-22(40-17-20-8-10-21(11-9-20)35-42-33(3,4)34(5,6)43-35)12-13-28(25)36-30-26(23)16-37-29(30)15-24-19(2)32(39)41-18-27(24)31(37)38/h8-15,19H,7,16-18H2,1-6H3/t19-/m0/s1. The molecule has 0 unspecified atom stereocenters. The SMILES string of the molecule is CCc1c2c(nc3ccc(OCc4ccc(B5OC(C)(C)C(C)(C)O5)cc4)cc13)-c1cc3c(c(=O)n1C2)COC(=O)[C@H]3C. The first-order chi connectivity index (χ1) is 20.5. The van der Waals surface area contributed by atoms with Gasteiger partial charge in [0, 0.05) is 10.9 Å². The molecule has 7 rings (SSSR count). The molecule has 2 aromatic carbocycles. The van der Waals surface area contributed by atoms with Crippen LogP contribution in [-0.2, 0) is 45.0 Å². The lowest BCUT2D eigenvalue weighted by Crippen LogP contribution is -2.41. The van der Waals surface area contributed by atoms with Crippen LogP contribution in [0.2, 0.25) is 0 Å². The Morgan fingerprint density at radius 3 is 2.42 bits per heavy atom. The molecule has 1 atom stereocenters. The Balaban J connectivity index is 1.15. The van der Waals surface area contributed by atoms with Crippen molar-refractivity contribution in [1.29, 1.82) is 0 Å². The van der Waals surface area contributed by atoms with Crippen LogP contribution in [0.4, 0.5) is 0 Å². The highest BCUT2D eigenvalue weighted by atomic mass is 16.7. The average Bonchev–Trinajstić information content (AvgIpc) is 3.45. The summed E-state index contributed by atoms with van der Waals surface area (Å²) in [5, 5.41) is 1.02. The highest BCUT2D eigenvalue weighted by Gasteiger charge is 2.51. The van der Waals surface area contributed by atoms with Gasteiger partial charge in [-0.3, -0.25) is 9.59 Å². The van der Waals surface area contributed by atoms with Crippen molar-refractivity contribution in [2.75, 3.05) is 0 Å². The van der Waals surface area contributed by atoms with Gasteiger partial charge in [0.1, 0.15) is 19.0 Å². The summed E-state index contributed by atoms with van der Waals surface area (Å²) in [6.45, 7) is 13.0. The number of esters is 1. The Kier molecular flexibility index (Phi) is 6.34. The molecule has 0 bridgehead atoms. The number of pyridine rings is 2. The maximum absolute atomic E-state index is 13.5. The van der Waals surface area contributed by atoms with Gasteiger partial charge in [0.2, 0.25) is 0 Å². The normalized spacial score (nSPS) is 19.6. The van der Waals surface area contributed by atoms with Crippen molar-refractivity contribution in [3.63, 3.8) is 0 Å². The van der Waals surface area contributed by atoms with Crippen LogP contribution in [0.15, 0.2) is 53.3 Å². The van der Waals surface area contributed by atoms with Crippen molar-refractivity contribution in [1.82, 2.24) is 9.55 Å². The molecule has 0 spiro atoms. The van der Waals surface area contributed by atoms with Gasteiger partial charge in [-0.15, -0.1) is 0 Å². The minimum Gasteiger partial charge on any atom is -0.489 e. The summed E-state index contributed by atoms with van der Waals surface area (Å²) in [5.41, 5.74) is 7.08. The Morgan fingerprint density at radius 1 is 1.00 bits per heavy atom. The van der Waals surface area contributed by atoms with E-state index in [4.69, 9.17) is 23.8 Å². The number of fused-ring (bicyclic) bond motifs is 5. The molecule has 5 heterocycles. The van der Waals surface area contributed by atoms with Crippen molar-refractivity contribution in [3.8, 4) is 17.1 Å². The molecule has 8 nitrogen and oxygen atoms in total. The van der Waals surface area contributed by atoms with Crippen LogP contribution in [0.25, 0.3) is 22.3 Å². The molecule has 0 aliphatic carbocycles. The lowest BCUT2D eigenvalue weighted by molar-refractivity contribution is -0.147. The molecular formula is C34H35BN2O6. The number of hydrogen-bond acceptors (Lipinski definition) is 7. The number of aromatic nitrogens is 2. The number of ether oxygens (including phenoxy) is 2. The summed E-state index contributed by atoms with van der Waals surface area (Å²) in [6.07, 6.45) is 0.783. The third-order valence-electron chi connectivity index (χ3n) is 9.61. The van der Waals surface area contributed by atoms with E-state index >= 15 is 0 Å². The Morgan fingerprint density at radius 2 is 1.72 bits per heavy atom. The number of carbonyl (C=O) groups is 1. The van der Waals surface area contributed by atoms with Gasteiger partial charge >= 0.3 is 13.1 Å². The van der Waals surface area contributed by atoms with E-state index < -0.39 is 13.0 Å². The summed E-state index contributed by atoms with van der Waals surface area (Å²) in [7, 11) is -0.395. The average molecular weight is 578 g/mol. The zero-order valence-corrected chi connectivity index (χ0v) is 25.4. The first-order valence-corrected chi connectivity index (χ1v) is 14.9. The second-order valence-corrected chi connectivity index (χ2v) is 12.8.